The minimum Gasteiger partial charge on any atom is -0.478 e. The van der Waals surface area contributed by atoms with Crippen molar-refractivity contribution in [3.05, 3.63) is 95.9 Å². The van der Waals surface area contributed by atoms with E-state index in [0.29, 0.717) is 34.7 Å². The van der Waals surface area contributed by atoms with Crippen LogP contribution in [0.2, 0.25) is 0 Å². The highest BCUT2D eigenvalue weighted by molar-refractivity contribution is 7.18. The molecule has 0 aliphatic rings. The highest BCUT2D eigenvalue weighted by Gasteiger charge is 2.17. The molecule has 4 rings (SSSR count). The van der Waals surface area contributed by atoms with Gasteiger partial charge in [0.05, 0.1) is 10.4 Å². The van der Waals surface area contributed by atoms with Gasteiger partial charge in [0.25, 0.3) is 5.91 Å². The number of thiazole rings is 1. The van der Waals surface area contributed by atoms with E-state index in [4.69, 9.17) is 0 Å². The molecule has 0 radical (unpaired) electrons. The maximum atomic E-state index is 12.8. The van der Waals surface area contributed by atoms with Crippen molar-refractivity contribution in [1.29, 1.82) is 0 Å². The molecule has 154 valence electrons. The molecule has 7 heteroatoms. The molecule has 2 aromatic heterocycles. The molecule has 0 atom stereocenters. The van der Waals surface area contributed by atoms with Gasteiger partial charge >= 0.3 is 5.97 Å². The van der Waals surface area contributed by atoms with Crippen molar-refractivity contribution in [3.8, 4) is 21.0 Å². The first-order chi connectivity index (χ1) is 15.1. The average molecular weight is 430 g/mol. The first-order valence-electron chi connectivity index (χ1n) is 9.69. The van der Waals surface area contributed by atoms with Crippen LogP contribution in [0.1, 0.15) is 26.4 Å². The van der Waals surface area contributed by atoms with Crippen LogP contribution in [0.4, 0.5) is 0 Å². The topological polar surface area (TPSA) is 92.2 Å². The molecule has 1 amide bonds. The fraction of sp³-hybridized carbons (Fsp3) is 0.0833. The van der Waals surface area contributed by atoms with Gasteiger partial charge in [0.1, 0.15) is 5.01 Å². The Hall–Kier alpha value is -3.84. The summed E-state index contributed by atoms with van der Waals surface area (Å²) in [6.07, 6.45) is 4.02. The summed E-state index contributed by atoms with van der Waals surface area (Å²) in [7, 11) is 0. The lowest BCUT2D eigenvalue weighted by Gasteiger charge is -2.08. The summed E-state index contributed by atoms with van der Waals surface area (Å²) >= 11 is 1.36. The van der Waals surface area contributed by atoms with Crippen molar-refractivity contribution in [2.75, 3.05) is 6.54 Å². The lowest BCUT2D eigenvalue weighted by atomic mass is 10.1. The smallest absolute Gasteiger partial charge is 0.336 e. The third-order valence-corrected chi connectivity index (χ3v) is 5.79. The van der Waals surface area contributed by atoms with E-state index in [1.165, 1.54) is 11.3 Å². The minimum atomic E-state index is -0.988. The molecule has 0 saturated carbocycles. The van der Waals surface area contributed by atoms with Crippen molar-refractivity contribution in [3.63, 3.8) is 0 Å². The Balaban J connectivity index is 1.55. The summed E-state index contributed by atoms with van der Waals surface area (Å²) in [5, 5.41) is 13.1. The number of rotatable bonds is 7. The second kappa shape index (κ2) is 9.32. The number of hydrogen-bond acceptors (Lipinski definition) is 5. The van der Waals surface area contributed by atoms with E-state index in [1.807, 2.05) is 36.4 Å². The number of hydrogen-bond donors (Lipinski definition) is 2. The molecule has 2 N–H and O–H groups in total. The molecule has 0 aliphatic carbocycles. The molecule has 4 aromatic rings. The second-order valence-corrected chi connectivity index (χ2v) is 7.78. The summed E-state index contributed by atoms with van der Waals surface area (Å²) in [6, 6.07) is 19.8. The first kappa shape index (κ1) is 20.4. The van der Waals surface area contributed by atoms with Crippen LogP contribution in [0.25, 0.3) is 21.0 Å². The van der Waals surface area contributed by atoms with E-state index in [1.54, 1.807) is 42.7 Å². The summed E-state index contributed by atoms with van der Waals surface area (Å²) in [5.74, 6) is -1.17. The van der Waals surface area contributed by atoms with Crippen molar-refractivity contribution < 1.29 is 14.7 Å². The molecular formula is C24H19N3O3S. The largest absolute Gasteiger partial charge is 0.478 e. The molecule has 6 nitrogen and oxygen atoms in total. The van der Waals surface area contributed by atoms with Crippen LogP contribution in [-0.4, -0.2) is 33.5 Å². The van der Waals surface area contributed by atoms with E-state index in [-0.39, 0.29) is 11.5 Å². The summed E-state index contributed by atoms with van der Waals surface area (Å²) in [6.45, 7) is 0.472. The Kier molecular flexibility index (Phi) is 6.14. The molecule has 0 spiro atoms. The highest BCUT2D eigenvalue weighted by Crippen LogP contribution is 2.35. The summed E-state index contributed by atoms with van der Waals surface area (Å²) < 4.78 is 0. The molecule has 2 heterocycles. The monoisotopic (exact) mass is 429 g/mol. The standard InChI is InChI=1S/C24H19N3O3S/c28-22(26-14-12-16-7-5-6-13-25-16)18-9-2-3-10-19(18)23-27-15-21(31-23)17-8-1-4-11-20(17)24(29)30/h1-11,13,15H,12,14H2,(H,26,28)(H,29,30). The van der Waals surface area contributed by atoms with Crippen LogP contribution in [0.5, 0.6) is 0 Å². The normalized spacial score (nSPS) is 10.6. The van der Waals surface area contributed by atoms with Crippen molar-refractivity contribution in [2.24, 2.45) is 0 Å². The fourth-order valence-electron chi connectivity index (χ4n) is 3.22. The van der Waals surface area contributed by atoms with Gasteiger partial charge in [-0.25, -0.2) is 9.78 Å². The van der Waals surface area contributed by atoms with Gasteiger partial charge in [-0.2, -0.15) is 0 Å². The van der Waals surface area contributed by atoms with Gasteiger partial charge in [-0.05, 0) is 24.3 Å². The number of pyridine rings is 1. The van der Waals surface area contributed by atoms with Gasteiger partial charge in [-0.1, -0.05) is 42.5 Å². The van der Waals surface area contributed by atoms with E-state index >= 15 is 0 Å². The molecule has 0 bridgehead atoms. The zero-order valence-electron chi connectivity index (χ0n) is 16.5. The Morgan fingerprint density at radius 3 is 2.32 bits per heavy atom. The van der Waals surface area contributed by atoms with Crippen LogP contribution in [-0.2, 0) is 6.42 Å². The van der Waals surface area contributed by atoms with Gasteiger partial charge < -0.3 is 10.4 Å². The van der Waals surface area contributed by atoms with Crippen molar-refractivity contribution in [2.45, 2.75) is 6.42 Å². The number of carbonyl (C=O) groups excluding carboxylic acids is 1. The fourth-order valence-corrected chi connectivity index (χ4v) is 4.22. The van der Waals surface area contributed by atoms with Crippen molar-refractivity contribution >= 4 is 23.2 Å². The van der Waals surface area contributed by atoms with E-state index < -0.39 is 5.97 Å². The molecule has 0 saturated heterocycles. The molecule has 0 aliphatic heterocycles. The number of nitrogens with one attached hydrogen (secondary N) is 1. The van der Waals surface area contributed by atoms with E-state index in [2.05, 4.69) is 15.3 Å². The maximum Gasteiger partial charge on any atom is 0.336 e. The number of benzene rings is 2. The lowest BCUT2D eigenvalue weighted by Crippen LogP contribution is -2.26. The predicted octanol–water partition coefficient (Wildman–Crippen LogP) is 4.54. The summed E-state index contributed by atoms with van der Waals surface area (Å²) in [5.41, 5.74) is 2.98. The van der Waals surface area contributed by atoms with Crippen LogP contribution >= 0.6 is 11.3 Å². The van der Waals surface area contributed by atoms with Crippen LogP contribution in [0, 0.1) is 0 Å². The Morgan fingerprint density at radius 1 is 0.871 bits per heavy atom. The number of carbonyl (C=O) groups is 2. The number of aromatic nitrogens is 2. The SMILES string of the molecule is O=C(O)c1ccccc1-c1cnc(-c2ccccc2C(=O)NCCc2ccccn2)s1. The van der Waals surface area contributed by atoms with E-state index in [0.717, 1.165) is 10.6 Å². The molecule has 2 aromatic carbocycles. The zero-order chi connectivity index (χ0) is 21.6. The number of nitrogens with zero attached hydrogens (tertiary/aromatic N) is 2. The van der Waals surface area contributed by atoms with Gasteiger partial charge in [0, 0.05) is 47.7 Å². The van der Waals surface area contributed by atoms with Crippen LogP contribution < -0.4 is 5.32 Å². The highest BCUT2D eigenvalue weighted by atomic mass is 32.1. The predicted molar refractivity (Wildman–Crippen MR) is 120 cm³/mol. The van der Waals surface area contributed by atoms with Gasteiger partial charge in [0.2, 0.25) is 0 Å². The number of carboxylic acids is 1. The van der Waals surface area contributed by atoms with Crippen LogP contribution in [0.3, 0.4) is 0 Å². The molecular weight excluding hydrogens is 410 g/mol. The molecule has 0 fully saturated rings. The number of aromatic carboxylic acids is 1. The van der Waals surface area contributed by atoms with Gasteiger partial charge in [-0.15, -0.1) is 11.3 Å². The average Bonchev–Trinajstić information content (AvgIpc) is 3.30. The number of amides is 1. The van der Waals surface area contributed by atoms with Crippen LogP contribution in [0.15, 0.2) is 79.1 Å². The van der Waals surface area contributed by atoms with E-state index in [9.17, 15) is 14.7 Å². The summed E-state index contributed by atoms with van der Waals surface area (Å²) in [4.78, 5) is 33.8. The second-order valence-electron chi connectivity index (χ2n) is 6.75. The minimum absolute atomic E-state index is 0.186. The lowest BCUT2D eigenvalue weighted by molar-refractivity contribution is 0.0697. The Labute approximate surface area is 183 Å². The third-order valence-electron chi connectivity index (χ3n) is 4.72. The van der Waals surface area contributed by atoms with Crippen molar-refractivity contribution in [1.82, 2.24) is 15.3 Å². The molecule has 31 heavy (non-hydrogen) atoms. The Morgan fingerprint density at radius 2 is 1.58 bits per heavy atom. The maximum absolute atomic E-state index is 12.8. The Bertz CT molecular complexity index is 1220. The first-order valence-corrected chi connectivity index (χ1v) is 10.5. The van der Waals surface area contributed by atoms with Gasteiger partial charge in [-0.3, -0.25) is 9.78 Å². The molecule has 0 unspecified atom stereocenters. The number of carboxylic acid groups (broad SMARTS) is 1. The van der Waals surface area contributed by atoms with Gasteiger partial charge in [0.15, 0.2) is 0 Å². The third kappa shape index (κ3) is 4.67. The quantitative estimate of drug-likeness (QED) is 0.450. The zero-order valence-corrected chi connectivity index (χ0v) is 17.3.